The zero-order valence-corrected chi connectivity index (χ0v) is 12.7. The van der Waals surface area contributed by atoms with Gasteiger partial charge in [0.25, 0.3) is 0 Å². The average Bonchev–Trinajstić information content (AvgIpc) is 2.74. The highest BCUT2D eigenvalue weighted by atomic mass is 16.4. The van der Waals surface area contributed by atoms with Crippen LogP contribution in [0, 0.1) is 11.3 Å². The van der Waals surface area contributed by atoms with E-state index in [1.807, 2.05) is 0 Å². The summed E-state index contributed by atoms with van der Waals surface area (Å²) in [6, 6.07) is 0. The van der Waals surface area contributed by atoms with E-state index in [9.17, 15) is 9.59 Å². The third-order valence-corrected chi connectivity index (χ3v) is 5.02. The number of nitrogens with one attached hydrogen (secondary N) is 1. The van der Waals surface area contributed by atoms with E-state index in [0.717, 1.165) is 51.4 Å². The summed E-state index contributed by atoms with van der Waals surface area (Å²) in [6.07, 6.45) is 7.77. The summed E-state index contributed by atoms with van der Waals surface area (Å²) in [7, 11) is 0. The second-order valence-electron chi connectivity index (χ2n) is 7.24. The first-order chi connectivity index (χ1) is 9.38. The molecule has 4 nitrogen and oxygen atoms in total. The summed E-state index contributed by atoms with van der Waals surface area (Å²) in [6.45, 7) is 4.31. The molecular formula is C16H27NO3. The van der Waals surface area contributed by atoms with Crippen LogP contribution in [0.1, 0.15) is 71.6 Å². The molecule has 0 heterocycles. The first kappa shape index (κ1) is 15.3. The van der Waals surface area contributed by atoms with Gasteiger partial charge in [0.15, 0.2) is 0 Å². The first-order valence-electron chi connectivity index (χ1n) is 7.92. The van der Waals surface area contributed by atoms with Crippen LogP contribution in [0.15, 0.2) is 0 Å². The van der Waals surface area contributed by atoms with Crippen molar-refractivity contribution in [1.29, 1.82) is 0 Å². The lowest BCUT2D eigenvalue weighted by molar-refractivity contribution is -0.142. The topological polar surface area (TPSA) is 66.4 Å². The van der Waals surface area contributed by atoms with Gasteiger partial charge in [0.2, 0.25) is 5.91 Å². The predicted octanol–water partition coefficient (Wildman–Crippen LogP) is 3.11. The molecule has 0 unspecified atom stereocenters. The Hall–Kier alpha value is -1.06. The van der Waals surface area contributed by atoms with Gasteiger partial charge in [-0.1, -0.05) is 26.7 Å². The summed E-state index contributed by atoms with van der Waals surface area (Å²) < 4.78 is 0. The molecule has 2 fully saturated rings. The molecule has 0 aromatic rings. The molecule has 0 aromatic carbocycles. The van der Waals surface area contributed by atoms with Gasteiger partial charge in [0, 0.05) is 5.41 Å². The Morgan fingerprint density at radius 3 is 2.10 bits per heavy atom. The quantitative estimate of drug-likeness (QED) is 0.786. The minimum absolute atomic E-state index is 0.0660. The van der Waals surface area contributed by atoms with E-state index in [1.165, 1.54) is 0 Å². The van der Waals surface area contributed by atoms with Crippen molar-refractivity contribution in [2.24, 2.45) is 11.3 Å². The fourth-order valence-electron chi connectivity index (χ4n) is 3.97. The highest BCUT2D eigenvalue weighted by Gasteiger charge is 2.47. The van der Waals surface area contributed by atoms with Gasteiger partial charge in [-0.2, -0.15) is 0 Å². The van der Waals surface area contributed by atoms with E-state index in [4.69, 9.17) is 5.11 Å². The van der Waals surface area contributed by atoms with Gasteiger partial charge >= 0.3 is 5.97 Å². The second-order valence-corrected chi connectivity index (χ2v) is 7.24. The van der Waals surface area contributed by atoms with Crippen molar-refractivity contribution in [3.8, 4) is 0 Å². The van der Waals surface area contributed by atoms with Crippen molar-refractivity contribution in [2.75, 3.05) is 0 Å². The Labute approximate surface area is 121 Å². The number of aliphatic carboxylic acids is 1. The maximum absolute atomic E-state index is 12.8. The van der Waals surface area contributed by atoms with Crippen molar-refractivity contribution in [3.05, 3.63) is 0 Å². The summed E-state index contributed by atoms with van der Waals surface area (Å²) in [5.74, 6) is -0.199. The molecule has 0 aromatic heterocycles. The van der Waals surface area contributed by atoms with Gasteiger partial charge in [-0.05, 0) is 44.4 Å². The van der Waals surface area contributed by atoms with E-state index in [2.05, 4.69) is 19.2 Å². The number of amides is 1. The molecule has 2 aliphatic carbocycles. The van der Waals surface area contributed by atoms with Gasteiger partial charge in [-0.25, -0.2) is 0 Å². The molecule has 2 N–H and O–H groups in total. The van der Waals surface area contributed by atoms with Gasteiger partial charge < -0.3 is 10.4 Å². The van der Waals surface area contributed by atoms with Crippen LogP contribution in [0.4, 0.5) is 0 Å². The van der Waals surface area contributed by atoms with Crippen molar-refractivity contribution in [3.63, 3.8) is 0 Å². The Balaban J connectivity index is 2.06. The fraction of sp³-hybridized carbons (Fsp3) is 0.875. The fourth-order valence-corrected chi connectivity index (χ4v) is 3.97. The summed E-state index contributed by atoms with van der Waals surface area (Å²) >= 11 is 0. The molecular weight excluding hydrogens is 254 g/mol. The lowest BCUT2D eigenvalue weighted by atomic mass is 9.71. The summed E-state index contributed by atoms with van der Waals surface area (Å²) in [5, 5.41) is 12.2. The van der Waals surface area contributed by atoms with Crippen molar-refractivity contribution in [1.82, 2.24) is 5.32 Å². The molecule has 1 amide bonds. The molecule has 0 atom stereocenters. The Bertz CT molecular complexity index is 379. The average molecular weight is 281 g/mol. The molecule has 2 saturated carbocycles. The third kappa shape index (κ3) is 3.15. The van der Waals surface area contributed by atoms with E-state index in [0.29, 0.717) is 5.92 Å². The van der Waals surface area contributed by atoms with Gasteiger partial charge in [-0.15, -0.1) is 0 Å². The highest BCUT2D eigenvalue weighted by Crippen LogP contribution is 2.45. The normalized spacial score (nSPS) is 23.4. The highest BCUT2D eigenvalue weighted by molar-refractivity contribution is 5.84. The smallest absolute Gasteiger partial charge is 0.305 e. The Morgan fingerprint density at radius 2 is 1.70 bits per heavy atom. The van der Waals surface area contributed by atoms with E-state index in [-0.39, 0.29) is 17.7 Å². The predicted molar refractivity (Wildman–Crippen MR) is 77.3 cm³/mol. The Morgan fingerprint density at radius 1 is 1.10 bits per heavy atom. The Kier molecular flexibility index (Phi) is 4.40. The molecule has 0 spiro atoms. The molecule has 0 radical (unpaired) electrons. The van der Waals surface area contributed by atoms with Crippen LogP contribution in [0.3, 0.4) is 0 Å². The molecule has 114 valence electrons. The lowest BCUT2D eigenvalue weighted by Gasteiger charge is -2.44. The van der Waals surface area contributed by atoms with Crippen LogP contribution in [-0.2, 0) is 9.59 Å². The first-order valence-corrected chi connectivity index (χ1v) is 7.92. The SMILES string of the molecule is CC(C)CC1(C(=O)NC2(CC(=O)O)CCC2)CCCC1. The summed E-state index contributed by atoms with van der Waals surface area (Å²) in [4.78, 5) is 23.8. The van der Waals surface area contributed by atoms with Gasteiger partial charge in [0.05, 0.1) is 12.0 Å². The maximum Gasteiger partial charge on any atom is 0.305 e. The molecule has 0 aliphatic heterocycles. The van der Waals surface area contributed by atoms with Gasteiger partial charge in [0.1, 0.15) is 0 Å². The number of hydrogen-bond acceptors (Lipinski definition) is 2. The van der Waals surface area contributed by atoms with E-state index < -0.39 is 11.5 Å². The van der Waals surface area contributed by atoms with Crippen molar-refractivity contribution >= 4 is 11.9 Å². The van der Waals surface area contributed by atoms with Gasteiger partial charge in [-0.3, -0.25) is 9.59 Å². The van der Waals surface area contributed by atoms with E-state index >= 15 is 0 Å². The van der Waals surface area contributed by atoms with Crippen molar-refractivity contribution < 1.29 is 14.7 Å². The number of carbonyl (C=O) groups is 2. The zero-order valence-electron chi connectivity index (χ0n) is 12.7. The number of hydrogen-bond donors (Lipinski definition) is 2. The van der Waals surface area contributed by atoms with Crippen molar-refractivity contribution in [2.45, 2.75) is 77.2 Å². The number of carboxylic acids is 1. The molecule has 2 aliphatic rings. The number of rotatable bonds is 6. The van der Waals surface area contributed by atoms with Crippen LogP contribution < -0.4 is 5.32 Å². The maximum atomic E-state index is 12.8. The van der Waals surface area contributed by atoms with Crippen LogP contribution in [-0.4, -0.2) is 22.5 Å². The standard InChI is InChI=1S/C16H27NO3/c1-12(2)10-15(6-3-4-7-15)14(20)17-16(8-5-9-16)11-13(18)19/h12H,3-11H2,1-2H3,(H,17,20)(H,18,19). The van der Waals surface area contributed by atoms with Crippen LogP contribution >= 0.6 is 0 Å². The van der Waals surface area contributed by atoms with Crippen LogP contribution in [0.5, 0.6) is 0 Å². The molecule has 0 saturated heterocycles. The van der Waals surface area contributed by atoms with Crippen LogP contribution in [0.25, 0.3) is 0 Å². The van der Waals surface area contributed by atoms with Crippen LogP contribution in [0.2, 0.25) is 0 Å². The number of carboxylic acid groups (broad SMARTS) is 1. The molecule has 4 heteroatoms. The minimum atomic E-state index is -0.811. The van der Waals surface area contributed by atoms with E-state index in [1.54, 1.807) is 0 Å². The molecule has 2 rings (SSSR count). The molecule has 0 bridgehead atoms. The summed E-state index contributed by atoms with van der Waals surface area (Å²) in [5.41, 5.74) is -0.704. The number of carbonyl (C=O) groups excluding carboxylic acids is 1. The third-order valence-electron chi connectivity index (χ3n) is 5.02. The monoisotopic (exact) mass is 281 g/mol. The minimum Gasteiger partial charge on any atom is -0.481 e. The molecule has 20 heavy (non-hydrogen) atoms. The largest absolute Gasteiger partial charge is 0.481 e. The zero-order chi connectivity index (χ0) is 14.8. The lowest BCUT2D eigenvalue weighted by Crippen LogP contribution is -2.58. The second kappa shape index (κ2) is 5.74.